The summed E-state index contributed by atoms with van der Waals surface area (Å²) in [6.07, 6.45) is -7.50. The number of cyclic esters (lactones) is 1. The fraction of sp³-hybridized carbons (Fsp3) is 0.333. The minimum atomic E-state index is -6.72. The Morgan fingerprint density at radius 1 is 1.14 bits per heavy atom. The third kappa shape index (κ3) is 5.85. The molecule has 43 heavy (non-hydrogen) atoms. The summed E-state index contributed by atoms with van der Waals surface area (Å²) in [5, 5.41) is 22.3. The number of non-ortho nitro benzene ring substituents is 1. The molecule has 13 nitrogen and oxygen atoms in total. The first-order valence-corrected chi connectivity index (χ1v) is 12.2. The van der Waals surface area contributed by atoms with Gasteiger partial charge in [0.15, 0.2) is 0 Å². The number of hydrogen-bond acceptors (Lipinski definition) is 10. The summed E-state index contributed by atoms with van der Waals surface area (Å²) in [6, 6.07) is 0.974. The van der Waals surface area contributed by atoms with E-state index in [0.717, 1.165) is 4.68 Å². The molecule has 1 fully saturated rings. The van der Waals surface area contributed by atoms with E-state index in [1.165, 1.54) is 4.90 Å². The van der Waals surface area contributed by atoms with Crippen LogP contribution in [0.1, 0.15) is 15.9 Å². The Bertz CT molecular complexity index is 1600. The molecule has 3 aromatic rings. The van der Waals surface area contributed by atoms with Gasteiger partial charge in [0, 0.05) is 40.9 Å². The summed E-state index contributed by atoms with van der Waals surface area (Å²) in [5.74, 6) is -15.8. The number of pyridine rings is 1. The van der Waals surface area contributed by atoms with Gasteiger partial charge in [0.1, 0.15) is 18.1 Å². The van der Waals surface area contributed by atoms with Crippen molar-refractivity contribution in [2.45, 2.75) is 34.6 Å². The number of hydrogen-bond donors (Lipinski definition) is 1. The molecule has 0 spiro atoms. The van der Waals surface area contributed by atoms with Gasteiger partial charge in [0.25, 0.3) is 5.69 Å². The maximum absolute atomic E-state index is 15.2. The molecule has 0 unspecified atom stereocenters. The molecule has 4 rings (SSSR count). The van der Waals surface area contributed by atoms with E-state index in [-0.39, 0.29) is 43.7 Å². The lowest BCUT2D eigenvalue weighted by molar-refractivity contribution is -0.384. The van der Waals surface area contributed by atoms with Crippen LogP contribution in [-0.4, -0.2) is 78.8 Å². The molecule has 0 aliphatic carbocycles. The Morgan fingerprint density at radius 3 is 2.40 bits per heavy atom. The van der Waals surface area contributed by atoms with Crippen LogP contribution >= 0.6 is 11.8 Å². The highest BCUT2D eigenvalue weighted by Gasteiger charge is 2.73. The van der Waals surface area contributed by atoms with Crippen LogP contribution in [-0.2, 0) is 17.2 Å². The first-order valence-electron chi connectivity index (χ1n) is 11.4. The zero-order valence-electron chi connectivity index (χ0n) is 20.8. The van der Waals surface area contributed by atoms with Crippen LogP contribution in [0.3, 0.4) is 0 Å². The lowest BCUT2D eigenvalue weighted by Crippen LogP contribution is -2.50. The molecule has 0 saturated carbocycles. The molecule has 22 heteroatoms. The van der Waals surface area contributed by atoms with E-state index in [1.807, 2.05) is 0 Å². The van der Waals surface area contributed by atoms with Gasteiger partial charge in [-0.2, -0.15) is 30.7 Å². The maximum atomic E-state index is 15.2. The van der Waals surface area contributed by atoms with Crippen molar-refractivity contribution < 1.29 is 54.4 Å². The zero-order valence-corrected chi connectivity index (χ0v) is 21.6. The molecule has 3 heterocycles. The van der Waals surface area contributed by atoms with E-state index in [0.29, 0.717) is 23.9 Å². The van der Waals surface area contributed by atoms with E-state index in [9.17, 15) is 50.4 Å². The SMILES string of the molecule is NC(=O)c1cc([N+](=O)[O-])cc(-c2ncc(C(F)(F)C(F)(F)C(F)(F)F)cc2F)c1Sc1nnnn1CCN1CCOC1=O. The second-order valence-electron chi connectivity index (χ2n) is 8.58. The van der Waals surface area contributed by atoms with Crippen LogP contribution in [0.15, 0.2) is 34.4 Å². The molecule has 1 aliphatic heterocycles. The van der Waals surface area contributed by atoms with E-state index in [2.05, 4.69) is 20.5 Å². The summed E-state index contributed by atoms with van der Waals surface area (Å²) in [7, 11) is 0. The van der Waals surface area contributed by atoms with Crippen molar-refractivity contribution in [1.29, 1.82) is 0 Å². The zero-order chi connectivity index (χ0) is 31.9. The van der Waals surface area contributed by atoms with Crippen LogP contribution in [0.5, 0.6) is 0 Å². The number of nitro groups is 1. The molecule has 0 atom stereocenters. The van der Waals surface area contributed by atoms with Gasteiger partial charge in [-0.25, -0.2) is 13.9 Å². The summed E-state index contributed by atoms with van der Waals surface area (Å²) >= 11 is 0.472. The van der Waals surface area contributed by atoms with Crippen molar-refractivity contribution >= 4 is 29.4 Å². The highest BCUT2D eigenvalue weighted by Crippen LogP contribution is 2.52. The molecule has 230 valence electrons. The largest absolute Gasteiger partial charge is 0.460 e. The lowest BCUT2D eigenvalue weighted by atomic mass is 10.0. The Kier molecular flexibility index (Phi) is 8.17. The minimum Gasteiger partial charge on any atom is -0.448 e. The highest BCUT2D eigenvalue weighted by atomic mass is 32.2. The number of amides is 2. The molecule has 2 aromatic heterocycles. The number of benzene rings is 1. The molecule has 0 bridgehead atoms. The lowest BCUT2D eigenvalue weighted by Gasteiger charge is -2.28. The Morgan fingerprint density at radius 2 is 1.84 bits per heavy atom. The van der Waals surface area contributed by atoms with Crippen LogP contribution in [0.25, 0.3) is 11.3 Å². The van der Waals surface area contributed by atoms with Crippen molar-refractivity contribution in [3.05, 3.63) is 51.5 Å². The predicted octanol–water partition coefficient (Wildman–Crippen LogP) is 3.77. The van der Waals surface area contributed by atoms with Crippen molar-refractivity contribution in [2.24, 2.45) is 5.73 Å². The molecule has 0 radical (unpaired) electrons. The molecule has 1 aliphatic rings. The van der Waals surface area contributed by atoms with Crippen LogP contribution in [0.4, 0.5) is 45.6 Å². The highest BCUT2D eigenvalue weighted by molar-refractivity contribution is 7.99. The standard InChI is InChI=1S/C21H14F8N8O5S/c22-13-5-9(19(23,24)20(25,26)21(27,28)29)8-31-14(13)11-6-10(37(40)41)7-12(16(30)38)15(11)43-17-32-33-34-36(17)2-1-35-3-4-42-18(35)39/h5-8H,1-4H2,(H2,30,38). The molecule has 1 aromatic carbocycles. The van der Waals surface area contributed by atoms with Gasteiger partial charge in [-0.05, 0) is 28.3 Å². The number of carbonyl (C=O) groups is 2. The second kappa shape index (κ2) is 11.2. The van der Waals surface area contributed by atoms with E-state index >= 15 is 4.39 Å². The van der Waals surface area contributed by atoms with Gasteiger partial charge >= 0.3 is 24.1 Å². The van der Waals surface area contributed by atoms with Gasteiger partial charge in [0.2, 0.25) is 11.1 Å². The first kappa shape index (κ1) is 31.3. The molecule has 1 saturated heterocycles. The van der Waals surface area contributed by atoms with Crippen LogP contribution in [0.2, 0.25) is 0 Å². The molecule has 2 amide bonds. The Labute approximate surface area is 237 Å². The van der Waals surface area contributed by atoms with E-state index in [4.69, 9.17) is 10.5 Å². The number of nitrogens with two attached hydrogens (primary N) is 1. The summed E-state index contributed by atoms with van der Waals surface area (Å²) in [6.45, 7) is 0.391. The van der Waals surface area contributed by atoms with Gasteiger partial charge in [-0.1, -0.05) is 0 Å². The first-order chi connectivity index (χ1) is 20.0. The number of tetrazole rings is 1. The minimum absolute atomic E-state index is 0.0433. The van der Waals surface area contributed by atoms with Crippen LogP contribution < -0.4 is 5.73 Å². The Hall–Kier alpha value is -4.63. The second-order valence-corrected chi connectivity index (χ2v) is 9.56. The molecule has 2 N–H and O–H groups in total. The van der Waals surface area contributed by atoms with Crippen LogP contribution in [0, 0.1) is 15.9 Å². The maximum Gasteiger partial charge on any atom is 0.460 e. The number of alkyl halides is 7. The smallest absolute Gasteiger partial charge is 0.448 e. The van der Waals surface area contributed by atoms with Crippen molar-refractivity contribution in [1.82, 2.24) is 30.1 Å². The topological polar surface area (TPSA) is 172 Å². The number of halogens is 8. The monoisotopic (exact) mass is 642 g/mol. The van der Waals surface area contributed by atoms with Gasteiger partial charge < -0.3 is 15.4 Å². The summed E-state index contributed by atoms with van der Waals surface area (Å²) in [5.41, 5.74) is -0.0178. The third-order valence-electron chi connectivity index (χ3n) is 5.88. The summed E-state index contributed by atoms with van der Waals surface area (Å²) in [4.78, 5) is 38.6. The quantitative estimate of drug-likeness (QED) is 0.195. The summed E-state index contributed by atoms with van der Waals surface area (Å²) < 4.78 is 114. The Balaban J connectivity index is 1.81. The number of primary amides is 1. The third-order valence-corrected chi connectivity index (χ3v) is 7.00. The van der Waals surface area contributed by atoms with Crippen molar-refractivity contribution in [3.63, 3.8) is 0 Å². The van der Waals surface area contributed by atoms with Gasteiger partial charge in [0.05, 0.1) is 23.6 Å². The van der Waals surface area contributed by atoms with Gasteiger partial charge in [-0.3, -0.25) is 19.9 Å². The fourth-order valence-electron chi connectivity index (χ4n) is 3.70. The fourth-order valence-corrected chi connectivity index (χ4v) is 4.73. The number of nitro benzene ring substituents is 1. The number of carbonyl (C=O) groups excluding carboxylic acids is 2. The van der Waals surface area contributed by atoms with E-state index in [1.54, 1.807) is 0 Å². The normalized spacial score (nSPS) is 14.2. The van der Waals surface area contributed by atoms with Gasteiger partial charge in [-0.15, -0.1) is 5.10 Å². The van der Waals surface area contributed by atoms with Crippen molar-refractivity contribution in [2.75, 3.05) is 19.7 Å². The van der Waals surface area contributed by atoms with E-state index < -0.39 is 73.7 Å². The average Bonchev–Trinajstić information content (AvgIpc) is 3.54. The van der Waals surface area contributed by atoms with Crippen molar-refractivity contribution in [3.8, 4) is 11.3 Å². The predicted molar refractivity (Wildman–Crippen MR) is 125 cm³/mol. The number of ether oxygens (including phenoxy) is 1. The number of aromatic nitrogens is 5. The molecular weight excluding hydrogens is 628 g/mol. The number of nitrogens with zero attached hydrogens (tertiary/aromatic N) is 7. The average molecular weight is 642 g/mol. The molecular formula is C21H14F8N8O5S. The number of rotatable bonds is 10.